The Hall–Kier alpha value is -1.77. The zero-order valence-electron chi connectivity index (χ0n) is 10.7. The number of carbonyl (C=O) groups is 1. The van der Waals surface area contributed by atoms with Crippen LogP contribution in [0.3, 0.4) is 0 Å². The van der Waals surface area contributed by atoms with Gasteiger partial charge in [0.25, 0.3) is 0 Å². The van der Waals surface area contributed by atoms with Gasteiger partial charge in [-0.25, -0.2) is 0 Å². The average molecular weight is 232 g/mol. The van der Waals surface area contributed by atoms with E-state index in [0.29, 0.717) is 5.69 Å². The van der Waals surface area contributed by atoms with Gasteiger partial charge in [0.1, 0.15) is 0 Å². The maximum absolute atomic E-state index is 11.9. The highest BCUT2D eigenvalue weighted by atomic mass is 16.2. The third-order valence-electron chi connectivity index (χ3n) is 2.58. The molecule has 0 saturated carbocycles. The lowest BCUT2D eigenvalue weighted by molar-refractivity contribution is -0.127. The Bertz CT molecular complexity index is 410. The van der Waals surface area contributed by atoms with Crippen LogP contribution in [0.2, 0.25) is 0 Å². The molecule has 1 aromatic carbocycles. The van der Waals surface area contributed by atoms with Crippen LogP contribution in [0.1, 0.15) is 26.3 Å². The zero-order valence-corrected chi connectivity index (χ0v) is 10.7. The van der Waals surface area contributed by atoms with Gasteiger partial charge >= 0.3 is 0 Å². The van der Waals surface area contributed by atoms with Crippen molar-refractivity contribution in [2.75, 3.05) is 12.3 Å². The minimum Gasteiger partial charge on any atom is -0.399 e. The first-order valence-electron chi connectivity index (χ1n) is 5.88. The van der Waals surface area contributed by atoms with Crippen LogP contribution in [-0.2, 0) is 4.79 Å². The molecule has 0 bridgehead atoms. The first-order chi connectivity index (χ1) is 8.04. The third kappa shape index (κ3) is 3.94. The summed E-state index contributed by atoms with van der Waals surface area (Å²) in [6, 6.07) is 7.69. The van der Waals surface area contributed by atoms with Crippen molar-refractivity contribution in [2.45, 2.75) is 26.8 Å². The van der Waals surface area contributed by atoms with Gasteiger partial charge in [-0.05, 0) is 44.5 Å². The van der Waals surface area contributed by atoms with Gasteiger partial charge in [-0.15, -0.1) is 0 Å². The maximum atomic E-state index is 11.9. The smallest absolute Gasteiger partial charge is 0.246 e. The number of carbonyl (C=O) groups excluding carboxylic acids is 1. The molecule has 0 aliphatic rings. The standard InChI is InChI=1S/C14H20N2O/c1-4-16(11(2)3)14(17)9-8-12-6-5-7-13(15)10-12/h5-11H,4,15H2,1-3H3/b9-8+. The molecule has 0 aliphatic carbocycles. The summed E-state index contributed by atoms with van der Waals surface area (Å²) in [6.07, 6.45) is 3.39. The first-order valence-corrected chi connectivity index (χ1v) is 5.88. The topological polar surface area (TPSA) is 46.3 Å². The second kappa shape index (κ2) is 6.09. The van der Waals surface area contributed by atoms with Crippen LogP contribution in [0.5, 0.6) is 0 Å². The van der Waals surface area contributed by atoms with Gasteiger partial charge in [0.2, 0.25) is 5.91 Å². The molecule has 0 unspecified atom stereocenters. The normalized spacial score (nSPS) is 11.1. The van der Waals surface area contributed by atoms with Gasteiger partial charge in [0.05, 0.1) is 0 Å². The van der Waals surface area contributed by atoms with Gasteiger partial charge in [0, 0.05) is 24.4 Å². The molecular weight excluding hydrogens is 212 g/mol. The quantitative estimate of drug-likeness (QED) is 0.640. The number of nitrogens with two attached hydrogens (primary N) is 1. The molecule has 0 aromatic heterocycles. The van der Waals surface area contributed by atoms with E-state index in [1.165, 1.54) is 0 Å². The van der Waals surface area contributed by atoms with Crippen molar-refractivity contribution in [1.82, 2.24) is 4.90 Å². The fraction of sp³-hybridized carbons (Fsp3) is 0.357. The molecule has 0 radical (unpaired) electrons. The Kier molecular flexibility index (Phi) is 4.76. The molecule has 0 atom stereocenters. The zero-order chi connectivity index (χ0) is 12.8. The van der Waals surface area contributed by atoms with Crippen molar-refractivity contribution in [2.24, 2.45) is 0 Å². The Morgan fingerprint density at radius 3 is 2.71 bits per heavy atom. The van der Waals surface area contributed by atoms with E-state index >= 15 is 0 Å². The molecule has 0 spiro atoms. The van der Waals surface area contributed by atoms with E-state index in [0.717, 1.165) is 12.1 Å². The van der Waals surface area contributed by atoms with Crippen molar-refractivity contribution in [3.8, 4) is 0 Å². The SMILES string of the molecule is CCN(C(=O)/C=C/c1cccc(N)c1)C(C)C. The van der Waals surface area contributed by atoms with Gasteiger partial charge in [0.15, 0.2) is 0 Å². The van der Waals surface area contributed by atoms with Crippen molar-refractivity contribution in [3.05, 3.63) is 35.9 Å². The molecular formula is C14H20N2O. The highest BCUT2D eigenvalue weighted by Gasteiger charge is 2.11. The summed E-state index contributed by atoms with van der Waals surface area (Å²) in [5, 5.41) is 0. The lowest BCUT2D eigenvalue weighted by atomic mass is 10.2. The first kappa shape index (κ1) is 13.3. The van der Waals surface area contributed by atoms with Crippen molar-refractivity contribution in [3.63, 3.8) is 0 Å². The third-order valence-corrected chi connectivity index (χ3v) is 2.58. The number of amides is 1. The molecule has 0 saturated heterocycles. The highest BCUT2D eigenvalue weighted by molar-refractivity contribution is 5.92. The van der Waals surface area contributed by atoms with Crippen LogP contribution in [0.4, 0.5) is 5.69 Å². The van der Waals surface area contributed by atoms with E-state index in [9.17, 15) is 4.79 Å². The summed E-state index contributed by atoms with van der Waals surface area (Å²) >= 11 is 0. The lowest BCUT2D eigenvalue weighted by Crippen LogP contribution is -2.35. The number of benzene rings is 1. The average Bonchev–Trinajstić information content (AvgIpc) is 2.27. The number of hydrogen-bond acceptors (Lipinski definition) is 2. The summed E-state index contributed by atoms with van der Waals surface area (Å²) in [5.74, 6) is 0.0323. The van der Waals surface area contributed by atoms with E-state index in [4.69, 9.17) is 5.73 Å². The number of likely N-dealkylation sites (N-methyl/N-ethyl adjacent to an activating group) is 1. The summed E-state index contributed by atoms with van der Waals surface area (Å²) in [7, 11) is 0. The van der Waals surface area contributed by atoms with Crippen LogP contribution in [0.15, 0.2) is 30.3 Å². The van der Waals surface area contributed by atoms with E-state index < -0.39 is 0 Å². The molecule has 0 fully saturated rings. The van der Waals surface area contributed by atoms with Crippen LogP contribution in [0, 0.1) is 0 Å². The van der Waals surface area contributed by atoms with E-state index in [2.05, 4.69) is 0 Å². The predicted molar refractivity (Wildman–Crippen MR) is 72.4 cm³/mol. The number of hydrogen-bond donors (Lipinski definition) is 1. The van der Waals surface area contributed by atoms with Crippen LogP contribution >= 0.6 is 0 Å². The van der Waals surface area contributed by atoms with Gasteiger partial charge in [-0.3, -0.25) is 4.79 Å². The predicted octanol–water partition coefficient (Wildman–Crippen LogP) is 2.54. The molecule has 0 heterocycles. The second-order valence-corrected chi connectivity index (χ2v) is 4.22. The van der Waals surface area contributed by atoms with E-state index in [1.807, 2.05) is 49.9 Å². The summed E-state index contributed by atoms with van der Waals surface area (Å²) < 4.78 is 0. The fourth-order valence-electron chi connectivity index (χ4n) is 1.70. The van der Waals surface area contributed by atoms with Gasteiger partial charge < -0.3 is 10.6 Å². The molecule has 3 heteroatoms. The summed E-state index contributed by atoms with van der Waals surface area (Å²) in [5.41, 5.74) is 7.32. The fourth-order valence-corrected chi connectivity index (χ4v) is 1.70. The Morgan fingerprint density at radius 2 is 2.18 bits per heavy atom. The second-order valence-electron chi connectivity index (χ2n) is 4.22. The molecule has 92 valence electrons. The summed E-state index contributed by atoms with van der Waals surface area (Å²) in [4.78, 5) is 13.7. The number of nitrogen functional groups attached to an aromatic ring is 1. The number of rotatable bonds is 4. The van der Waals surface area contributed by atoms with Crippen LogP contribution in [0.25, 0.3) is 6.08 Å². The summed E-state index contributed by atoms with van der Waals surface area (Å²) in [6.45, 7) is 6.72. The Labute approximate surface area is 103 Å². The van der Waals surface area contributed by atoms with E-state index in [1.54, 1.807) is 12.2 Å². The molecule has 17 heavy (non-hydrogen) atoms. The number of anilines is 1. The molecule has 1 aromatic rings. The van der Waals surface area contributed by atoms with Crippen molar-refractivity contribution >= 4 is 17.7 Å². The number of nitrogens with zero attached hydrogens (tertiary/aromatic N) is 1. The van der Waals surface area contributed by atoms with Crippen LogP contribution < -0.4 is 5.73 Å². The van der Waals surface area contributed by atoms with Crippen LogP contribution in [-0.4, -0.2) is 23.4 Å². The van der Waals surface area contributed by atoms with Gasteiger partial charge in [-0.2, -0.15) is 0 Å². The molecule has 1 amide bonds. The lowest BCUT2D eigenvalue weighted by Gasteiger charge is -2.23. The van der Waals surface area contributed by atoms with Crippen molar-refractivity contribution < 1.29 is 4.79 Å². The molecule has 3 nitrogen and oxygen atoms in total. The van der Waals surface area contributed by atoms with Crippen molar-refractivity contribution in [1.29, 1.82) is 0 Å². The largest absolute Gasteiger partial charge is 0.399 e. The van der Waals surface area contributed by atoms with E-state index in [-0.39, 0.29) is 11.9 Å². The van der Waals surface area contributed by atoms with Gasteiger partial charge in [-0.1, -0.05) is 12.1 Å². The molecule has 1 rings (SSSR count). The Balaban J connectivity index is 2.74. The minimum absolute atomic E-state index is 0.0323. The molecule has 2 N–H and O–H groups in total. The Morgan fingerprint density at radius 1 is 1.47 bits per heavy atom. The monoisotopic (exact) mass is 232 g/mol. The molecule has 0 aliphatic heterocycles. The maximum Gasteiger partial charge on any atom is 0.246 e. The highest BCUT2D eigenvalue weighted by Crippen LogP contribution is 2.09. The minimum atomic E-state index is 0.0323.